The highest BCUT2D eigenvalue weighted by molar-refractivity contribution is 7.13. The lowest BCUT2D eigenvalue weighted by atomic mass is 10.1. The van der Waals surface area contributed by atoms with Gasteiger partial charge in [0.15, 0.2) is 0 Å². The Bertz CT molecular complexity index is 821. The second-order valence-electron chi connectivity index (χ2n) is 5.68. The van der Waals surface area contributed by atoms with Crippen molar-refractivity contribution >= 4 is 28.3 Å². The van der Waals surface area contributed by atoms with E-state index in [1.807, 2.05) is 6.92 Å². The van der Waals surface area contributed by atoms with Crippen LogP contribution >= 0.6 is 11.3 Å². The predicted octanol–water partition coefficient (Wildman–Crippen LogP) is 4.60. The maximum absolute atomic E-state index is 12.0. The first-order chi connectivity index (χ1) is 11.8. The van der Waals surface area contributed by atoms with Crippen molar-refractivity contribution in [3.05, 3.63) is 47.3 Å². The molecule has 0 unspecified atom stereocenters. The molecule has 2 N–H and O–H groups in total. The summed E-state index contributed by atoms with van der Waals surface area (Å²) in [6.07, 6.45) is 0.934. The van der Waals surface area contributed by atoms with Gasteiger partial charge in [0, 0.05) is 36.1 Å². The minimum absolute atomic E-state index is 0.109. The fourth-order valence-corrected chi connectivity index (χ4v) is 3.85. The lowest BCUT2D eigenvalue weighted by molar-refractivity contribution is 0.240. The first-order valence-electron chi connectivity index (χ1n) is 8.41. The van der Waals surface area contributed by atoms with Gasteiger partial charge in [-0.3, -0.25) is 0 Å². The van der Waals surface area contributed by atoms with E-state index in [0.29, 0.717) is 13.1 Å². The largest absolute Gasteiger partial charge is 0.340 e. The minimum Gasteiger partial charge on any atom is -0.340 e. The van der Waals surface area contributed by atoms with Crippen molar-refractivity contribution in [1.29, 1.82) is 0 Å². The number of nitrogens with one attached hydrogen (secondary N) is 2. The zero-order valence-corrected chi connectivity index (χ0v) is 15.0. The average Bonchev–Trinajstić information content (AvgIpc) is 3.23. The normalized spacial score (nSPS) is 10.9. The third-order valence-corrected chi connectivity index (χ3v) is 4.98. The molecular formula is C19H23N3OS. The molecule has 0 aliphatic carbocycles. The minimum atomic E-state index is -0.109. The molecule has 4 nitrogen and oxygen atoms in total. The molecule has 0 saturated carbocycles. The number of benzene rings is 1. The number of aromatic nitrogens is 1. The van der Waals surface area contributed by atoms with E-state index in [4.69, 9.17) is 0 Å². The second-order valence-corrected chi connectivity index (χ2v) is 6.62. The molecule has 0 saturated heterocycles. The Morgan fingerprint density at radius 3 is 2.67 bits per heavy atom. The molecular weight excluding hydrogens is 318 g/mol. The van der Waals surface area contributed by atoms with E-state index in [9.17, 15) is 4.79 Å². The Hall–Kier alpha value is -2.27. The Morgan fingerprint density at radius 2 is 1.96 bits per heavy atom. The van der Waals surface area contributed by atoms with E-state index in [-0.39, 0.29) is 6.03 Å². The van der Waals surface area contributed by atoms with Crippen LogP contribution in [0.2, 0.25) is 0 Å². The molecule has 3 rings (SSSR count). The Balaban J connectivity index is 2.02. The number of urea groups is 1. The van der Waals surface area contributed by atoms with Gasteiger partial charge >= 0.3 is 6.03 Å². The van der Waals surface area contributed by atoms with E-state index >= 15 is 0 Å². The highest BCUT2D eigenvalue weighted by Gasteiger charge is 2.18. The second kappa shape index (κ2) is 7.53. The van der Waals surface area contributed by atoms with Crippen molar-refractivity contribution in [2.75, 3.05) is 6.54 Å². The van der Waals surface area contributed by atoms with Crippen LogP contribution in [0.3, 0.4) is 0 Å². The molecule has 24 heavy (non-hydrogen) atoms. The number of rotatable bonds is 6. The molecule has 1 aromatic carbocycles. The van der Waals surface area contributed by atoms with Crippen LogP contribution in [-0.2, 0) is 13.1 Å². The molecule has 126 valence electrons. The lowest BCUT2D eigenvalue weighted by Crippen LogP contribution is -2.35. The molecule has 0 radical (unpaired) electrons. The predicted molar refractivity (Wildman–Crippen MR) is 101 cm³/mol. The molecule has 2 amide bonds. The number of carbonyl (C=O) groups excluding carboxylic acids is 1. The maximum atomic E-state index is 12.0. The zero-order valence-electron chi connectivity index (χ0n) is 14.1. The third-order valence-electron chi connectivity index (χ3n) is 4.11. The van der Waals surface area contributed by atoms with Gasteiger partial charge in [-0.15, -0.1) is 11.3 Å². The van der Waals surface area contributed by atoms with Crippen molar-refractivity contribution in [1.82, 2.24) is 15.2 Å². The van der Waals surface area contributed by atoms with E-state index in [2.05, 4.69) is 63.9 Å². The maximum Gasteiger partial charge on any atom is 0.315 e. The summed E-state index contributed by atoms with van der Waals surface area (Å²) in [5, 5.41) is 9.18. The summed E-state index contributed by atoms with van der Waals surface area (Å²) in [7, 11) is 0. The molecule has 0 fully saturated rings. The van der Waals surface area contributed by atoms with Gasteiger partial charge in [0.25, 0.3) is 0 Å². The highest BCUT2D eigenvalue weighted by atomic mass is 32.1. The van der Waals surface area contributed by atoms with Gasteiger partial charge in [-0.05, 0) is 30.9 Å². The van der Waals surface area contributed by atoms with Crippen LogP contribution in [0, 0.1) is 0 Å². The SMILES string of the molecule is CCCNC(=O)NCc1c(-c2cccs2)n(CC)c2ccccc12. The van der Waals surface area contributed by atoms with Crippen LogP contribution in [-0.4, -0.2) is 17.1 Å². The molecule has 2 heterocycles. The molecule has 0 aliphatic rings. The summed E-state index contributed by atoms with van der Waals surface area (Å²) >= 11 is 1.73. The van der Waals surface area contributed by atoms with Gasteiger partial charge in [-0.1, -0.05) is 31.2 Å². The van der Waals surface area contributed by atoms with Crippen molar-refractivity contribution in [2.24, 2.45) is 0 Å². The van der Waals surface area contributed by atoms with E-state index in [1.54, 1.807) is 11.3 Å². The van der Waals surface area contributed by atoms with Crippen molar-refractivity contribution < 1.29 is 4.79 Å². The summed E-state index contributed by atoms with van der Waals surface area (Å²) < 4.78 is 2.34. The van der Waals surface area contributed by atoms with Gasteiger partial charge < -0.3 is 15.2 Å². The number of nitrogens with zero attached hydrogens (tertiary/aromatic N) is 1. The topological polar surface area (TPSA) is 46.1 Å². The summed E-state index contributed by atoms with van der Waals surface area (Å²) in [4.78, 5) is 13.2. The van der Waals surface area contributed by atoms with Crippen molar-refractivity contribution in [3.8, 4) is 10.6 Å². The quantitative estimate of drug-likeness (QED) is 0.676. The molecule has 2 aromatic heterocycles. The van der Waals surface area contributed by atoms with Gasteiger partial charge in [0.1, 0.15) is 0 Å². The summed E-state index contributed by atoms with van der Waals surface area (Å²) in [5.74, 6) is 0. The number of carbonyl (C=O) groups is 1. The Morgan fingerprint density at radius 1 is 1.12 bits per heavy atom. The number of aryl methyl sites for hydroxylation is 1. The lowest BCUT2D eigenvalue weighted by Gasteiger charge is -2.10. The van der Waals surface area contributed by atoms with Crippen LogP contribution in [0.4, 0.5) is 4.79 Å². The van der Waals surface area contributed by atoms with Crippen LogP contribution in [0.5, 0.6) is 0 Å². The monoisotopic (exact) mass is 341 g/mol. The fourth-order valence-electron chi connectivity index (χ4n) is 3.05. The Kier molecular flexibility index (Phi) is 5.20. The van der Waals surface area contributed by atoms with Crippen molar-refractivity contribution in [2.45, 2.75) is 33.4 Å². The van der Waals surface area contributed by atoms with Crippen molar-refractivity contribution in [3.63, 3.8) is 0 Å². The van der Waals surface area contributed by atoms with Crippen LogP contribution in [0.1, 0.15) is 25.8 Å². The number of hydrogen-bond donors (Lipinski definition) is 2. The first-order valence-corrected chi connectivity index (χ1v) is 9.29. The number of para-hydroxylation sites is 1. The smallest absolute Gasteiger partial charge is 0.315 e. The Labute approximate surface area is 146 Å². The molecule has 0 spiro atoms. The highest BCUT2D eigenvalue weighted by Crippen LogP contribution is 2.36. The van der Waals surface area contributed by atoms with Crippen LogP contribution < -0.4 is 10.6 Å². The van der Waals surface area contributed by atoms with E-state index in [0.717, 1.165) is 13.0 Å². The fraction of sp³-hybridized carbons (Fsp3) is 0.316. The van der Waals surface area contributed by atoms with Gasteiger partial charge in [0.05, 0.1) is 10.6 Å². The number of thiophene rings is 1. The number of hydrogen-bond acceptors (Lipinski definition) is 2. The van der Waals surface area contributed by atoms with Crippen LogP contribution in [0.25, 0.3) is 21.5 Å². The average molecular weight is 341 g/mol. The first kappa shape index (κ1) is 16.6. The van der Waals surface area contributed by atoms with E-state index < -0.39 is 0 Å². The molecule has 5 heteroatoms. The van der Waals surface area contributed by atoms with Gasteiger partial charge in [-0.2, -0.15) is 0 Å². The summed E-state index contributed by atoms with van der Waals surface area (Å²) in [5.41, 5.74) is 3.61. The summed E-state index contributed by atoms with van der Waals surface area (Å²) in [6.45, 7) is 6.32. The zero-order chi connectivity index (χ0) is 16.9. The molecule has 0 atom stereocenters. The molecule has 3 aromatic rings. The third kappa shape index (κ3) is 3.17. The molecule has 0 bridgehead atoms. The standard InChI is InChI=1S/C19H23N3OS/c1-3-11-20-19(23)21-13-15-14-8-5-6-9-16(14)22(4-2)18(15)17-10-7-12-24-17/h5-10,12H,3-4,11,13H2,1-2H3,(H2,20,21,23). The molecule has 0 aliphatic heterocycles. The van der Waals surface area contributed by atoms with Crippen LogP contribution in [0.15, 0.2) is 41.8 Å². The van der Waals surface area contributed by atoms with E-state index in [1.165, 1.54) is 27.0 Å². The number of fused-ring (bicyclic) bond motifs is 1. The van der Waals surface area contributed by atoms with Gasteiger partial charge in [0.2, 0.25) is 0 Å². The number of amides is 2. The summed E-state index contributed by atoms with van der Waals surface area (Å²) in [6, 6.07) is 12.5. The van der Waals surface area contributed by atoms with Gasteiger partial charge in [-0.25, -0.2) is 4.79 Å².